The summed E-state index contributed by atoms with van der Waals surface area (Å²) in [6.45, 7) is 3.42. The Morgan fingerprint density at radius 2 is 2.11 bits per heavy atom. The maximum atomic E-state index is 3.79. The van der Waals surface area contributed by atoms with E-state index in [-0.39, 0.29) is 0 Å². The van der Waals surface area contributed by atoms with E-state index < -0.39 is 0 Å². The van der Waals surface area contributed by atoms with Crippen LogP contribution in [0.25, 0.3) is 0 Å². The van der Waals surface area contributed by atoms with Crippen molar-refractivity contribution < 1.29 is 0 Å². The first-order valence-electron chi connectivity index (χ1n) is 7.79. The first-order valence-corrected chi connectivity index (χ1v) is 8.84. The molecule has 1 heterocycles. The van der Waals surface area contributed by atoms with Gasteiger partial charge in [-0.1, -0.05) is 43.7 Å². The van der Waals surface area contributed by atoms with Gasteiger partial charge in [0.15, 0.2) is 0 Å². The smallest absolute Gasteiger partial charge is 0.0201 e. The monoisotopic (exact) mass is 277 g/mol. The molecule has 1 aliphatic heterocycles. The predicted molar refractivity (Wildman–Crippen MR) is 86.9 cm³/mol. The minimum absolute atomic E-state index is 0.699. The number of thioether (sulfide) groups is 1. The highest BCUT2D eigenvalue weighted by molar-refractivity contribution is 8.00. The van der Waals surface area contributed by atoms with Crippen molar-refractivity contribution in [1.29, 1.82) is 0 Å². The van der Waals surface area contributed by atoms with Crippen molar-refractivity contribution in [2.24, 2.45) is 0 Å². The van der Waals surface area contributed by atoms with Crippen LogP contribution in [0, 0.1) is 0 Å². The molecule has 0 bridgehead atoms. The molecule has 1 fully saturated rings. The van der Waals surface area contributed by atoms with Crippen molar-refractivity contribution in [1.82, 2.24) is 5.32 Å². The van der Waals surface area contributed by atoms with Crippen LogP contribution in [0.5, 0.6) is 0 Å². The van der Waals surface area contributed by atoms with E-state index in [1.54, 1.807) is 0 Å². The summed E-state index contributed by atoms with van der Waals surface area (Å²) in [5.41, 5.74) is 1.48. The first-order chi connectivity index (χ1) is 9.40. The van der Waals surface area contributed by atoms with Gasteiger partial charge in [-0.3, -0.25) is 0 Å². The fraction of sp³-hybridized carbons (Fsp3) is 0.647. The molecular weight excluding hydrogens is 250 g/mol. The molecule has 1 aliphatic rings. The fourth-order valence-electron chi connectivity index (χ4n) is 2.80. The Kier molecular flexibility index (Phi) is 6.80. The summed E-state index contributed by atoms with van der Waals surface area (Å²) < 4.78 is 0. The van der Waals surface area contributed by atoms with Gasteiger partial charge in [-0.2, -0.15) is 11.8 Å². The predicted octanol–water partition coefficient (Wildman–Crippen LogP) is 4.27. The van der Waals surface area contributed by atoms with Gasteiger partial charge in [-0.25, -0.2) is 0 Å². The van der Waals surface area contributed by atoms with E-state index >= 15 is 0 Å². The van der Waals surface area contributed by atoms with Gasteiger partial charge in [0.2, 0.25) is 0 Å². The second-order valence-electron chi connectivity index (χ2n) is 5.49. The van der Waals surface area contributed by atoms with Crippen LogP contribution in [0.2, 0.25) is 0 Å². The lowest BCUT2D eigenvalue weighted by molar-refractivity contribution is 0.440. The summed E-state index contributed by atoms with van der Waals surface area (Å²) in [6.07, 6.45) is 7.97. The Morgan fingerprint density at radius 1 is 1.26 bits per heavy atom. The normalized spacial score (nSPS) is 21.2. The summed E-state index contributed by atoms with van der Waals surface area (Å²) in [5, 5.41) is 4.63. The van der Waals surface area contributed by atoms with Crippen molar-refractivity contribution in [3.63, 3.8) is 0 Å². The number of nitrogens with one attached hydrogen (secondary N) is 1. The molecule has 2 atom stereocenters. The van der Waals surface area contributed by atoms with Crippen LogP contribution in [-0.4, -0.2) is 23.6 Å². The van der Waals surface area contributed by atoms with Crippen molar-refractivity contribution in [3.8, 4) is 0 Å². The second kappa shape index (κ2) is 8.65. The van der Waals surface area contributed by atoms with Crippen molar-refractivity contribution in [3.05, 3.63) is 35.9 Å². The van der Waals surface area contributed by atoms with Gasteiger partial charge in [0.05, 0.1) is 0 Å². The molecule has 106 valence electrons. The van der Waals surface area contributed by atoms with Gasteiger partial charge < -0.3 is 5.32 Å². The first kappa shape index (κ1) is 14.9. The van der Waals surface area contributed by atoms with Crippen molar-refractivity contribution in [2.45, 2.75) is 56.7 Å². The van der Waals surface area contributed by atoms with Gasteiger partial charge in [-0.15, -0.1) is 0 Å². The Morgan fingerprint density at radius 3 is 2.79 bits per heavy atom. The third-order valence-electron chi connectivity index (χ3n) is 3.91. The summed E-state index contributed by atoms with van der Waals surface area (Å²) in [5.74, 6) is 1.36. The molecule has 19 heavy (non-hydrogen) atoms. The molecule has 0 aliphatic carbocycles. The maximum absolute atomic E-state index is 3.79. The highest BCUT2D eigenvalue weighted by Crippen LogP contribution is 2.29. The zero-order chi connectivity index (χ0) is 13.3. The molecule has 1 aromatic rings. The zero-order valence-electron chi connectivity index (χ0n) is 12.1. The van der Waals surface area contributed by atoms with Gasteiger partial charge in [0.1, 0.15) is 0 Å². The van der Waals surface area contributed by atoms with Crippen LogP contribution in [-0.2, 0) is 6.42 Å². The Labute approximate surface area is 122 Å². The molecule has 1 nitrogen and oxygen atoms in total. The summed E-state index contributed by atoms with van der Waals surface area (Å²) in [6, 6.07) is 11.6. The topological polar surface area (TPSA) is 12.0 Å². The lowest BCUT2D eigenvalue weighted by atomic mass is 9.99. The van der Waals surface area contributed by atoms with E-state index in [0.29, 0.717) is 6.04 Å². The molecule has 0 saturated carbocycles. The van der Waals surface area contributed by atoms with Gasteiger partial charge in [0, 0.05) is 11.3 Å². The lowest BCUT2D eigenvalue weighted by Gasteiger charge is -2.30. The molecule has 0 radical (unpaired) electrons. The van der Waals surface area contributed by atoms with E-state index in [2.05, 4.69) is 54.3 Å². The summed E-state index contributed by atoms with van der Waals surface area (Å²) >= 11 is 2.19. The molecule has 1 saturated heterocycles. The van der Waals surface area contributed by atoms with Crippen LogP contribution in [0.4, 0.5) is 0 Å². The Bertz CT molecular complexity index is 332. The van der Waals surface area contributed by atoms with Crippen LogP contribution >= 0.6 is 11.8 Å². The van der Waals surface area contributed by atoms with E-state index in [9.17, 15) is 0 Å². The average molecular weight is 277 g/mol. The van der Waals surface area contributed by atoms with Crippen LogP contribution in [0.3, 0.4) is 0 Å². The minimum Gasteiger partial charge on any atom is -0.313 e. The third kappa shape index (κ3) is 5.19. The number of benzene rings is 1. The lowest BCUT2D eigenvalue weighted by Crippen LogP contribution is -2.40. The van der Waals surface area contributed by atoms with E-state index in [1.165, 1.54) is 49.8 Å². The quantitative estimate of drug-likeness (QED) is 0.798. The molecule has 0 amide bonds. The minimum atomic E-state index is 0.699. The van der Waals surface area contributed by atoms with Crippen LogP contribution in [0.1, 0.15) is 44.6 Å². The van der Waals surface area contributed by atoms with Crippen molar-refractivity contribution >= 4 is 11.8 Å². The third-order valence-corrected chi connectivity index (χ3v) is 5.42. The number of aryl methyl sites for hydroxylation is 1. The summed E-state index contributed by atoms with van der Waals surface area (Å²) in [4.78, 5) is 0. The fourth-order valence-corrected chi connectivity index (χ4v) is 4.27. The Balaban J connectivity index is 1.85. The summed E-state index contributed by atoms with van der Waals surface area (Å²) in [7, 11) is 0. The number of hydrogen-bond donors (Lipinski definition) is 1. The molecule has 1 N–H and O–H groups in total. The van der Waals surface area contributed by atoms with E-state index in [1.807, 2.05) is 0 Å². The molecule has 1 aromatic carbocycles. The number of hydrogen-bond acceptors (Lipinski definition) is 2. The number of rotatable bonds is 7. The molecule has 2 unspecified atom stereocenters. The van der Waals surface area contributed by atoms with E-state index in [4.69, 9.17) is 0 Å². The van der Waals surface area contributed by atoms with Crippen LogP contribution in [0.15, 0.2) is 30.3 Å². The van der Waals surface area contributed by atoms with Gasteiger partial charge in [-0.05, 0) is 50.0 Å². The molecule has 0 aromatic heterocycles. The van der Waals surface area contributed by atoms with Gasteiger partial charge >= 0.3 is 0 Å². The zero-order valence-corrected chi connectivity index (χ0v) is 12.9. The molecule has 2 rings (SSSR count). The molecular formula is C17H27NS. The maximum Gasteiger partial charge on any atom is 0.0201 e. The van der Waals surface area contributed by atoms with Gasteiger partial charge in [0.25, 0.3) is 0 Å². The largest absolute Gasteiger partial charge is 0.313 e. The van der Waals surface area contributed by atoms with Crippen molar-refractivity contribution in [2.75, 3.05) is 12.3 Å². The van der Waals surface area contributed by atoms with E-state index in [0.717, 1.165) is 11.8 Å². The van der Waals surface area contributed by atoms with Crippen LogP contribution < -0.4 is 5.32 Å². The Hall–Kier alpha value is -0.470. The highest BCUT2D eigenvalue weighted by Gasteiger charge is 2.23. The standard InChI is InChI=1S/C17H27NS/c1-2-13-18-16(17-10-6-7-14-19-17)12-11-15-8-4-3-5-9-15/h3-5,8-9,16-18H,2,6-7,10-14H2,1H3. The molecule has 2 heteroatoms. The SMILES string of the molecule is CCCNC(CCc1ccccc1)C1CCCCS1. The highest BCUT2D eigenvalue weighted by atomic mass is 32.2. The average Bonchev–Trinajstić information content (AvgIpc) is 2.49. The second-order valence-corrected chi connectivity index (χ2v) is 6.84. The molecule has 0 spiro atoms.